The number of thiazole rings is 1. The third-order valence-electron chi connectivity index (χ3n) is 5.82. The van der Waals surface area contributed by atoms with E-state index in [2.05, 4.69) is 9.30 Å². The summed E-state index contributed by atoms with van der Waals surface area (Å²) in [6, 6.07) is 12.4. The minimum absolute atomic E-state index is 0.208. The lowest BCUT2D eigenvalue weighted by atomic mass is 10.1. The van der Waals surface area contributed by atoms with Crippen molar-refractivity contribution in [2.45, 2.75) is 19.9 Å². The first-order chi connectivity index (χ1) is 15.0. The van der Waals surface area contributed by atoms with Crippen molar-refractivity contribution in [3.05, 3.63) is 59.0 Å². The zero-order valence-corrected chi connectivity index (χ0v) is 18.7. The van der Waals surface area contributed by atoms with E-state index >= 15 is 0 Å². The van der Waals surface area contributed by atoms with Gasteiger partial charge in [0, 0.05) is 49.7 Å². The molecule has 1 amide bonds. The van der Waals surface area contributed by atoms with Crippen molar-refractivity contribution in [1.29, 1.82) is 0 Å². The number of nitrogens with zero attached hydrogens (tertiary/aromatic N) is 4. The van der Waals surface area contributed by atoms with Crippen molar-refractivity contribution in [3.63, 3.8) is 0 Å². The van der Waals surface area contributed by atoms with E-state index in [1.807, 2.05) is 30.0 Å². The highest BCUT2D eigenvalue weighted by Crippen LogP contribution is 2.35. The van der Waals surface area contributed by atoms with Crippen LogP contribution >= 0.6 is 22.9 Å². The number of imidazole rings is 1. The summed E-state index contributed by atoms with van der Waals surface area (Å²) in [6.45, 7) is 5.71. The lowest BCUT2D eigenvalue weighted by molar-refractivity contribution is -0.132. The quantitative estimate of drug-likeness (QED) is 0.431. The van der Waals surface area contributed by atoms with Gasteiger partial charge in [-0.3, -0.25) is 14.1 Å². The van der Waals surface area contributed by atoms with Gasteiger partial charge < -0.3 is 4.90 Å². The van der Waals surface area contributed by atoms with Crippen LogP contribution in [0.1, 0.15) is 19.0 Å². The summed E-state index contributed by atoms with van der Waals surface area (Å²) in [4.78, 5) is 22.1. The second-order valence-corrected chi connectivity index (χ2v) is 9.20. The van der Waals surface area contributed by atoms with Crippen LogP contribution in [0.4, 0.5) is 4.39 Å². The molecule has 1 aliphatic rings. The Morgan fingerprint density at radius 1 is 1.13 bits per heavy atom. The van der Waals surface area contributed by atoms with Gasteiger partial charge in [-0.15, -0.1) is 0 Å². The summed E-state index contributed by atoms with van der Waals surface area (Å²) < 4.78 is 16.8. The number of halogens is 2. The van der Waals surface area contributed by atoms with E-state index < -0.39 is 0 Å². The number of piperazine rings is 1. The van der Waals surface area contributed by atoms with Gasteiger partial charge in [-0.25, -0.2) is 9.37 Å². The fourth-order valence-corrected chi connectivity index (χ4v) is 5.50. The highest BCUT2D eigenvalue weighted by Gasteiger charge is 2.24. The standard InChI is InChI=1S/C23H22ClFN4OS/c1-2-21(30)28-11-9-27(10-12-28)14-19-22(15-3-6-17(25)7-4-15)26-23-29(19)18-8-5-16(24)13-20(18)31-23/h3-8,13H,2,9-12,14H2,1H3. The molecule has 8 heteroatoms. The molecule has 0 spiro atoms. The van der Waals surface area contributed by atoms with Crippen LogP contribution in [0, 0.1) is 5.82 Å². The zero-order chi connectivity index (χ0) is 21.5. The molecule has 1 aliphatic heterocycles. The molecular formula is C23H22ClFN4OS. The zero-order valence-electron chi connectivity index (χ0n) is 17.1. The maximum Gasteiger partial charge on any atom is 0.222 e. The Morgan fingerprint density at radius 2 is 1.87 bits per heavy atom. The molecule has 4 aromatic rings. The number of amides is 1. The van der Waals surface area contributed by atoms with Gasteiger partial charge in [-0.05, 0) is 42.5 Å². The molecule has 2 aromatic carbocycles. The van der Waals surface area contributed by atoms with Crippen LogP contribution in [-0.4, -0.2) is 51.3 Å². The van der Waals surface area contributed by atoms with Crippen molar-refractivity contribution in [1.82, 2.24) is 19.2 Å². The maximum absolute atomic E-state index is 13.5. The third-order valence-corrected chi connectivity index (χ3v) is 7.06. The van der Waals surface area contributed by atoms with E-state index in [1.165, 1.54) is 12.1 Å². The van der Waals surface area contributed by atoms with E-state index in [4.69, 9.17) is 16.6 Å². The normalized spacial score (nSPS) is 15.3. The number of carbonyl (C=O) groups excluding carboxylic acids is 1. The molecule has 3 heterocycles. The van der Waals surface area contributed by atoms with Gasteiger partial charge in [0.15, 0.2) is 4.96 Å². The number of hydrogen-bond acceptors (Lipinski definition) is 4. The van der Waals surface area contributed by atoms with Crippen molar-refractivity contribution in [2.24, 2.45) is 0 Å². The second-order valence-electron chi connectivity index (χ2n) is 7.76. The van der Waals surface area contributed by atoms with E-state index in [0.717, 1.165) is 58.3 Å². The van der Waals surface area contributed by atoms with Gasteiger partial charge >= 0.3 is 0 Å². The van der Waals surface area contributed by atoms with Gasteiger partial charge in [0.2, 0.25) is 5.91 Å². The molecule has 0 saturated carbocycles. The summed E-state index contributed by atoms with van der Waals surface area (Å²) in [5.74, 6) is -0.0535. The third kappa shape index (κ3) is 3.82. The first-order valence-corrected chi connectivity index (χ1v) is 11.6. The Labute approximate surface area is 188 Å². The molecule has 31 heavy (non-hydrogen) atoms. The van der Waals surface area contributed by atoms with Crippen molar-refractivity contribution < 1.29 is 9.18 Å². The van der Waals surface area contributed by atoms with Crippen molar-refractivity contribution in [3.8, 4) is 11.3 Å². The van der Waals surface area contributed by atoms with Crippen LogP contribution in [0.2, 0.25) is 5.02 Å². The molecule has 160 valence electrons. The summed E-state index contributed by atoms with van der Waals surface area (Å²) >= 11 is 7.80. The Bertz CT molecular complexity index is 1260. The molecular weight excluding hydrogens is 435 g/mol. The molecule has 1 saturated heterocycles. The van der Waals surface area contributed by atoms with Crippen molar-refractivity contribution >= 4 is 44.0 Å². The van der Waals surface area contributed by atoms with E-state index in [-0.39, 0.29) is 11.7 Å². The average molecular weight is 457 g/mol. The lowest BCUT2D eigenvalue weighted by Gasteiger charge is -2.34. The Morgan fingerprint density at radius 3 is 2.58 bits per heavy atom. The number of benzene rings is 2. The van der Waals surface area contributed by atoms with Gasteiger partial charge in [-0.1, -0.05) is 29.9 Å². The molecule has 0 atom stereocenters. The smallest absolute Gasteiger partial charge is 0.222 e. The topological polar surface area (TPSA) is 40.9 Å². The summed E-state index contributed by atoms with van der Waals surface area (Å²) in [5, 5.41) is 0.703. The Hall–Kier alpha value is -2.48. The lowest BCUT2D eigenvalue weighted by Crippen LogP contribution is -2.48. The van der Waals surface area contributed by atoms with Crippen LogP contribution < -0.4 is 0 Å². The van der Waals surface area contributed by atoms with Crippen LogP contribution in [-0.2, 0) is 11.3 Å². The fourth-order valence-electron chi connectivity index (χ4n) is 4.18. The van der Waals surface area contributed by atoms with Gasteiger partial charge in [-0.2, -0.15) is 0 Å². The second kappa shape index (κ2) is 8.22. The van der Waals surface area contributed by atoms with E-state index in [1.54, 1.807) is 23.5 Å². The highest BCUT2D eigenvalue weighted by atomic mass is 35.5. The minimum atomic E-state index is -0.261. The number of aromatic nitrogens is 2. The molecule has 2 aromatic heterocycles. The van der Waals surface area contributed by atoms with Crippen LogP contribution in [0.15, 0.2) is 42.5 Å². The maximum atomic E-state index is 13.5. The molecule has 1 fully saturated rings. The van der Waals surface area contributed by atoms with Crippen molar-refractivity contribution in [2.75, 3.05) is 26.2 Å². The molecule has 0 unspecified atom stereocenters. The average Bonchev–Trinajstić information content (AvgIpc) is 3.30. The molecule has 0 N–H and O–H groups in total. The molecule has 0 aliphatic carbocycles. The number of rotatable bonds is 4. The highest BCUT2D eigenvalue weighted by molar-refractivity contribution is 7.23. The van der Waals surface area contributed by atoms with Crippen LogP contribution in [0.5, 0.6) is 0 Å². The molecule has 0 radical (unpaired) electrons. The number of fused-ring (bicyclic) bond motifs is 3. The van der Waals surface area contributed by atoms with Crippen LogP contribution in [0.3, 0.4) is 0 Å². The van der Waals surface area contributed by atoms with E-state index in [9.17, 15) is 9.18 Å². The predicted octanol–water partition coefficient (Wildman–Crippen LogP) is 5.06. The number of hydrogen-bond donors (Lipinski definition) is 0. The van der Waals surface area contributed by atoms with Gasteiger partial charge in [0.1, 0.15) is 5.82 Å². The predicted molar refractivity (Wildman–Crippen MR) is 123 cm³/mol. The molecule has 0 bridgehead atoms. The molecule has 5 nitrogen and oxygen atoms in total. The Balaban J connectivity index is 1.55. The molecule has 5 rings (SSSR count). The first kappa shape index (κ1) is 20.4. The summed E-state index contributed by atoms with van der Waals surface area (Å²) in [6.07, 6.45) is 0.543. The van der Waals surface area contributed by atoms with Gasteiger partial charge in [0.25, 0.3) is 0 Å². The summed E-state index contributed by atoms with van der Waals surface area (Å²) in [7, 11) is 0. The Kier molecular flexibility index (Phi) is 5.42. The van der Waals surface area contributed by atoms with Gasteiger partial charge in [0.05, 0.1) is 21.6 Å². The largest absolute Gasteiger partial charge is 0.340 e. The van der Waals surface area contributed by atoms with Crippen LogP contribution in [0.25, 0.3) is 26.4 Å². The number of carbonyl (C=O) groups is 1. The first-order valence-electron chi connectivity index (χ1n) is 10.4. The fraction of sp³-hybridized carbons (Fsp3) is 0.304. The minimum Gasteiger partial charge on any atom is -0.340 e. The summed E-state index contributed by atoms with van der Waals surface area (Å²) in [5.41, 5.74) is 3.91. The monoisotopic (exact) mass is 456 g/mol. The SMILES string of the molecule is CCC(=O)N1CCN(Cc2c(-c3ccc(F)cc3)nc3sc4cc(Cl)ccc4n23)CC1. The van der Waals surface area contributed by atoms with E-state index in [0.29, 0.717) is 18.0 Å².